The van der Waals surface area contributed by atoms with Crippen molar-refractivity contribution in [2.75, 3.05) is 40.4 Å². The van der Waals surface area contributed by atoms with Gasteiger partial charge in [-0.25, -0.2) is 4.98 Å². The third-order valence-electron chi connectivity index (χ3n) is 6.98. The van der Waals surface area contributed by atoms with Crippen molar-refractivity contribution in [2.45, 2.75) is 37.6 Å². The van der Waals surface area contributed by atoms with Crippen molar-refractivity contribution in [1.29, 1.82) is 0 Å². The molecule has 0 saturated carbocycles. The van der Waals surface area contributed by atoms with Crippen molar-refractivity contribution in [3.05, 3.63) is 53.0 Å². The van der Waals surface area contributed by atoms with Gasteiger partial charge in [-0.05, 0) is 69.1 Å². The summed E-state index contributed by atoms with van der Waals surface area (Å²) in [5.74, 6) is 2.31. The molecule has 7 heteroatoms. The number of nitrogens with zero attached hydrogens (tertiary/aromatic N) is 3. The number of para-hydroxylation sites is 1. The fourth-order valence-electron chi connectivity index (χ4n) is 5.17. The molecule has 2 aromatic carbocycles. The number of likely N-dealkylation sites (tertiary alicyclic amines) is 2. The summed E-state index contributed by atoms with van der Waals surface area (Å²) in [5, 5.41) is 1.24. The number of amides is 1. The normalized spacial score (nSPS) is 19.8. The Labute approximate surface area is 199 Å². The fourth-order valence-corrected chi connectivity index (χ4v) is 6.31. The molecule has 6 nitrogen and oxygen atoms in total. The van der Waals surface area contributed by atoms with Crippen molar-refractivity contribution in [3.8, 4) is 11.5 Å². The molecular weight excluding hydrogens is 434 g/mol. The minimum absolute atomic E-state index is 0.0443. The predicted octanol–water partition coefficient (Wildman–Crippen LogP) is 4.86. The van der Waals surface area contributed by atoms with Gasteiger partial charge in [-0.15, -0.1) is 11.3 Å². The lowest BCUT2D eigenvalue weighted by Gasteiger charge is -2.33. The summed E-state index contributed by atoms with van der Waals surface area (Å²) in [4.78, 5) is 22.5. The van der Waals surface area contributed by atoms with Gasteiger partial charge < -0.3 is 14.4 Å². The minimum atomic E-state index is 0.0443. The number of thiazole rings is 1. The lowest BCUT2D eigenvalue weighted by atomic mass is 9.97. The molecule has 2 aliphatic heterocycles. The Morgan fingerprint density at radius 1 is 1.06 bits per heavy atom. The molecule has 0 spiro atoms. The van der Waals surface area contributed by atoms with Gasteiger partial charge in [0.2, 0.25) is 5.91 Å². The van der Waals surface area contributed by atoms with Gasteiger partial charge in [0.15, 0.2) is 0 Å². The van der Waals surface area contributed by atoms with Crippen LogP contribution in [-0.2, 0) is 4.79 Å². The monoisotopic (exact) mass is 465 g/mol. The molecule has 3 aromatic rings. The van der Waals surface area contributed by atoms with Crippen molar-refractivity contribution in [1.82, 2.24) is 14.8 Å². The predicted molar refractivity (Wildman–Crippen MR) is 131 cm³/mol. The van der Waals surface area contributed by atoms with E-state index in [1.54, 1.807) is 14.2 Å². The van der Waals surface area contributed by atoms with E-state index in [4.69, 9.17) is 14.5 Å². The molecule has 2 fully saturated rings. The average molecular weight is 466 g/mol. The van der Waals surface area contributed by atoms with Crippen LogP contribution in [0.2, 0.25) is 0 Å². The minimum Gasteiger partial charge on any atom is -0.497 e. The van der Waals surface area contributed by atoms with E-state index in [1.165, 1.54) is 9.71 Å². The van der Waals surface area contributed by atoms with Gasteiger partial charge in [0, 0.05) is 18.0 Å². The third-order valence-corrected chi connectivity index (χ3v) is 8.17. The zero-order chi connectivity index (χ0) is 22.8. The first-order valence-electron chi connectivity index (χ1n) is 11.8. The fraction of sp³-hybridized carbons (Fsp3) is 0.462. The number of hydrogen-bond donors (Lipinski definition) is 0. The van der Waals surface area contributed by atoms with Gasteiger partial charge >= 0.3 is 0 Å². The smallest absolute Gasteiger partial charge is 0.237 e. The molecule has 0 bridgehead atoms. The molecule has 2 aliphatic rings. The first-order valence-corrected chi connectivity index (χ1v) is 12.6. The van der Waals surface area contributed by atoms with Crippen LogP contribution >= 0.6 is 11.3 Å². The second-order valence-electron chi connectivity index (χ2n) is 8.92. The lowest BCUT2D eigenvalue weighted by molar-refractivity contribution is -0.133. The van der Waals surface area contributed by atoms with E-state index in [9.17, 15) is 4.79 Å². The molecule has 1 amide bonds. The molecule has 3 heterocycles. The summed E-state index contributed by atoms with van der Waals surface area (Å²) in [6.45, 7) is 3.15. The van der Waals surface area contributed by atoms with E-state index in [2.05, 4.69) is 23.1 Å². The Bertz CT molecular complexity index is 1090. The first-order chi connectivity index (χ1) is 16.2. The lowest BCUT2D eigenvalue weighted by Crippen LogP contribution is -2.43. The molecule has 5 rings (SSSR count). The summed E-state index contributed by atoms with van der Waals surface area (Å²) in [7, 11) is 3.35. The van der Waals surface area contributed by atoms with Gasteiger partial charge in [0.05, 0.1) is 42.0 Å². The summed E-state index contributed by atoms with van der Waals surface area (Å²) in [6, 6.07) is 14.3. The maximum absolute atomic E-state index is 13.3. The maximum atomic E-state index is 13.3. The molecular formula is C26H31N3O3S. The van der Waals surface area contributed by atoms with Crippen LogP contribution in [0.25, 0.3) is 10.2 Å². The molecule has 174 valence electrons. The number of ether oxygens (including phenoxy) is 2. The van der Waals surface area contributed by atoms with Crippen LogP contribution in [0, 0.1) is 0 Å². The molecule has 2 saturated heterocycles. The Kier molecular flexibility index (Phi) is 6.51. The quantitative estimate of drug-likeness (QED) is 0.521. The molecule has 0 N–H and O–H groups in total. The SMILES string of the molecule is COc1ccc(OC)c(C2CCCN2C(=O)CN2CCC(c3nc4ccccc4s3)CC2)c1. The van der Waals surface area contributed by atoms with E-state index in [-0.39, 0.29) is 11.9 Å². The Morgan fingerprint density at radius 2 is 1.88 bits per heavy atom. The van der Waals surface area contributed by atoms with Crippen LogP contribution in [0.1, 0.15) is 48.2 Å². The van der Waals surface area contributed by atoms with Crippen LogP contribution in [0.3, 0.4) is 0 Å². The van der Waals surface area contributed by atoms with Crippen LogP contribution in [-0.4, -0.2) is 61.1 Å². The Hall–Kier alpha value is -2.64. The molecule has 0 radical (unpaired) electrons. The summed E-state index contributed by atoms with van der Waals surface area (Å²) >= 11 is 1.82. The first kappa shape index (κ1) is 22.2. The average Bonchev–Trinajstić information content (AvgIpc) is 3.51. The molecule has 1 aromatic heterocycles. The number of piperidine rings is 1. The molecule has 1 atom stereocenters. The van der Waals surface area contributed by atoms with Gasteiger partial charge in [-0.1, -0.05) is 12.1 Å². The summed E-state index contributed by atoms with van der Waals surface area (Å²) in [6.07, 6.45) is 4.08. The third kappa shape index (κ3) is 4.57. The highest BCUT2D eigenvalue weighted by Crippen LogP contribution is 2.39. The largest absolute Gasteiger partial charge is 0.497 e. The van der Waals surface area contributed by atoms with E-state index < -0.39 is 0 Å². The van der Waals surface area contributed by atoms with Crippen molar-refractivity contribution in [2.24, 2.45) is 0 Å². The van der Waals surface area contributed by atoms with Crippen LogP contribution in [0.15, 0.2) is 42.5 Å². The summed E-state index contributed by atoms with van der Waals surface area (Å²) in [5.41, 5.74) is 2.14. The Balaban J connectivity index is 1.22. The number of hydrogen-bond acceptors (Lipinski definition) is 6. The zero-order valence-corrected chi connectivity index (χ0v) is 20.1. The maximum Gasteiger partial charge on any atom is 0.237 e. The highest BCUT2D eigenvalue weighted by molar-refractivity contribution is 7.18. The highest BCUT2D eigenvalue weighted by Gasteiger charge is 2.33. The van der Waals surface area contributed by atoms with E-state index in [0.29, 0.717) is 12.5 Å². The second kappa shape index (κ2) is 9.69. The number of carbonyl (C=O) groups excluding carboxylic acids is 1. The van der Waals surface area contributed by atoms with Gasteiger partial charge in [-0.2, -0.15) is 0 Å². The number of benzene rings is 2. The van der Waals surface area contributed by atoms with Crippen molar-refractivity contribution >= 4 is 27.5 Å². The van der Waals surface area contributed by atoms with Crippen molar-refractivity contribution in [3.63, 3.8) is 0 Å². The van der Waals surface area contributed by atoms with Gasteiger partial charge in [0.1, 0.15) is 11.5 Å². The van der Waals surface area contributed by atoms with Crippen LogP contribution in [0.5, 0.6) is 11.5 Å². The van der Waals surface area contributed by atoms with Gasteiger partial charge in [0.25, 0.3) is 0 Å². The van der Waals surface area contributed by atoms with E-state index in [1.807, 2.05) is 40.5 Å². The Morgan fingerprint density at radius 3 is 2.64 bits per heavy atom. The van der Waals surface area contributed by atoms with E-state index >= 15 is 0 Å². The summed E-state index contributed by atoms with van der Waals surface area (Å²) < 4.78 is 12.3. The molecule has 1 unspecified atom stereocenters. The molecule has 0 aliphatic carbocycles. The van der Waals surface area contributed by atoms with Crippen LogP contribution < -0.4 is 9.47 Å². The zero-order valence-electron chi connectivity index (χ0n) is 19.3. The topological polar surface area (TPSA) is 54.9 Å². The number of rotatable bonds is 6. The van der Waals surface area contributed by atoms with E-state index in [0.717, 1.165) is 67.9 Å². The standard InChI is InChI=1S/C26H31N3O3S/c1-31-19-9-10-23(32-2)20(16-19)22-7-5-13-29(22)25(30)17-28-14-11-18(12-15-28)26-27-21-6-3-4-8-24(21)33-26/h3-4,6,8-10,16,18,22H,5,7,11-15,17H2,1-2H3. The van der Waals surface area contributed by atoms with Crippen molar-refractivity contribution < 1.29 is 14.3 Å². The number of carbonyl (C=O) groups is 1. The van der Waals surface area contributed by atoms with Crippen LogP contribution in [0.4, 0.5) is 0 Å². The second-order valence-corrected chi connectivity index (χ2v) is 9.99. The number of aromatic nitrogens is 1. The highest BCUT2D eigenvalue weighted by atomic mass is 32.1. The number of fused-ring (bicyclic) bond motifs is 1. The number of methoxy groups -OCH3 is 2. The molecule has 33 heavy (non-hydrogen) atoms. The van der Waals surface area contributed by atoms with Gasteiger partial charge in [-0.3, -0.25) is 9.69 Å².